The van der Waals surface area contributed by atoms with E-state index in [1.807, 2.05) is 18.2 Å². The van der Waals surface area contributed by atoms with Crippen LogP contribution in [0.2, 0.25) is 0 Å². The molecule has 1 aromatic carbocycles. The van der Waals surface area contributed by atoms with Gasteiger partial charge in [0.05, 0.1) is 0 Å². The van der Waals surface area contributed by atoms with Crippen molar-refractivity contribution in [1.29, 1.82) is 0 Å². The lowest BCUT2D eigenvalue weighted by atomic mass is 9.99. The maximum atomic E-state index is 10.1. The molecule has 0 radical (unpaired) electrons. The molecule has 0 fully saturated rings. The Labute approximate surface area is 102 Å². The van der Waals surface area contributed by atoms with Crippen LogP contribution in [-0.2, 0) is 6.42 Å². The van der Waals surface area contributed by atoms with Gasteiger partial charge in [-0.05, 0) is 23.5 Å². The Bertz CT molecular complexity index is 463. The Kier molecular flexibility index (Phi) is 3.59. The third-order valence-corrected chi connectivity index (χ3v) is 2.69. The Morgan fingerprint density at radius 2 is 2.18 bits per heavy atom. The number of nitrogens with one attached hydrogen (secondary N) is 1. The van der Waals surface area contributed by atoms with Crippen LogP contribution >= 0.6 is 0 Å². The molecule has 3 heteroatoms. The topological polar surface area (TPSA) is 48.9 Å². The molecule has 0 spiro atoms. The van der Waals surface area contributed by atoms with E-state index in [1.54, 1.807) is 12.4 Å². The summed E-state index contributed by atoms with van der Waals surface area (Å²) in [6, 6.07) is 8.06. The Balaban J connectivity index is 2.21. The molecule has 3 nitrogen and oxygen atoms in total. The van der Waals surface area contributed by atoms with Gasteiger partial charge >= 0.3 is 0 Å². The van der Waals surface area contributed by atoms with Gasteiger partial charge in [0.15, 0.2) is 0 Å². The first kappa shape index (κ1) is 11.9. The number of aromatic amines is 1. The molecule has 1 unspecified atom stereocenters. The number of rotatable bonds is 4. The number of hydrogen-bond acceptors (Lipinski definition) is 2. The molecule has 1 atom stereocenters. The fourth-order valence-electron chi connectivity index (χ4n) is 1.95. The summed E-state index contributed by atoms with van der Waals surface area (Å²) < 4.78 is 0. The second-order valence-electron chi connectivity index (χ2n) is 4.72. The first-order valence-electron chi connectivity index (χ1n) is 5.93. The molecular weight excluding hydrogens is 212 g/mol. The summed E-state index contributed by atoms with van der Waals surface area (Å²) >= 11 is 0. The van der Waals surface area contributed by atoms with Gasteiger partial charge < -0.3 is 10.1 Å². The van der Waals surface area contributed by atoms with Crippen LogP contribution in [0.1, 0.15) is 36.9 Å². The van der Waals surface area contributed by atoms with E-state index in [9.17, 15) is 5.11 Å². The molecule has 2 N–H and O–H groups in total. The predicted octanol–water partition coefficient (Wildman–Crippen LogP) is 2.69. The highest BCUT2D eigenvalue weighted by Gasteiger charge is 2.12. The molecule has 0 amide bonds. The molecule has 90 valence electrons. The Morgan fingerprint density at radius 3 is 2.82 bits per heavy atom. The number of aliphatic hydroxyl groups excluding tert-OH is 1. The summed E-state index contributed by atoms with van der Waals surface area (Å²) in [7, 11) is 0. The number of aliphatic hydroxyl groups is 1. The fraction of sp³-hybridized carbons (Fsp3) is 0.357. The van der Waals surface area contributed by atoms with Crippen molar-refractivity contribution in [3.8, 4) is 0 Å². The van der Waals surface area contributed by atoms with Crippen molar-refractivity contribution >= 4 is 0 Å². The zero-order valence-electron chi connectivity index (χ0n) is 10.2. The van der Waals surface area contributed by atoms with Crippen LogP contribution in [0, 0.1) is 5.92 Å². The van der Waals surface area contributed by atoms with Crippen LogP contribution in [0.5, 0.6) is 0 Å². The van der Waals surface area contributed by atoms with E-state index < -0.39 is 6.10 Å². The highest BCUT2D eigenvalue weighted by atomic mass is 16.3. The molecule has 0 aliphatic heterocycles. The molecule has 0 aliphatic rings. The minimum absolute atomic E-state index is 0.590. The molecule has 2 aromatic rings. The van der Waals surface area contributed by atoms with Gasteiger partial charge in [-0.2, -0.15) is 0 Å². The highest BCUT2D eigenvalue weighted by molar-refractivity contribution is 5.28. The van der Waals surface area contributed by atoms with E-state index in [1.165, 1.54) is 5.56 Å². The monoisotopic (exact) mass is 230 g/mol. The van der Waals surface area contributed by atoms with Gasteiger partial charge in [-0.1, -0.05) is 38.1 Å². The van der Waals surface area contributed by atoms with Crippen molar-refractivity contribution in [3.63, 3.8) is 0 Å². The minimum Gasteiger partial charge on any atom is -0.380 e. The number of hydrogen-bond donors (Lipinski definition) is 2. The van der Waals surface area contributed by atoms with Gasteiger partial charge in [-0.25, -0.2) is 4.98 Å². The van der Waals surface area contributed by atoms with Gasteiger partial charge in [0, 0.05) is 12.4 Å². The minimum atomic E-state index is -0.669. The van der Waals surface area contributed by atoms with Gasteiger partial charge in [-0.3, -0.25) is 0 Å². The van der Waals surface area contributed by atoms with Crippen LogP contribution in [0.4, 0.5) is 0 Å². The van der Waals surface area contributed by atoms with Crippen molar-refractivity contribution in [2.45, 2.75) is 26.4 Å². The average Bonchev–Trinajstić information content (AvgIpc) is 2.81. The van der Waals surface area contributed by atoms with Crippen molar-refractivity contribution < 1.29 is 5.11 Å². The molecular formula is C14H18N2O. The van der Waals surface area contributed by atoms with Crippen molar-refractivity contribution in [2.24, 2.45) is 5.92 Å². The quantitative estimate of drug-likeness (QED) is 0.848. The summed E-state index contributed by atoms with van der Waals surface area (Å²) in [4.78, 5) is 7.01. The van der Waals surface area contributed by atoms with E-state index in [-0.39, 0.29) is 0 Å². The lowest BCUT2D eigenvalue weighted by molar-refractivity contribution is 0.211. The van der Waals surface area contributed by atoms with E-state index in [0.717, 1.165) is 12.0 Å². The van der Waals surface area contributed by atoms with E-state index >= 15 is 0 Å². The zero-order chi connectivity index (χ0) is 12.3. The van der Waals surface area contributed by atoms with E-state index in [4.69, 9.17) is 0 Å². The molecule has 0 bridgehead atoms. The summed E-state index contributed by atoms with van der Waals surface area (Å²) in [6.07, 6.45) is 3.73. The van der Waals surface area contributed by atoms with Crippen molar-refractivity contribution in [3.05, 3.63) is 53.6 Å². The maximum absolute atomic E-state index is 10.1. The third kappa shape index (κ3) is 2.94. The summed E-state index contributed by atoms with van der Waals surface area (Å²) in [5, 5.41) is 10.1. The smallest absolute Gasteiger partial charge is 0.139 e. The zero-order valence-corrected chi connectivity index (χ0v) is 10.2. The Morgan fingerprint density at radius 1 is 1.35 bits per heavy atom. The SMILES string of the molecule is CC(C)Cc1cccc(C(O)c2ncc[nH]2)c1. The standard InChI is InChI=1S/C14H18N2O/c1-10(2)8-11-4-3-5-12(9-11)13(17)14-15-6-7-16-14/h3-7,9-10,13,17H,8H2,1-2H3,(H,15,16). The van der Waals surface area contributed by atoms with Crippen LogP contribution < -0.4 is 0 Å². The van der Waals surface area contributed by atoms with Gasteiger partial charge in [0.25, 0.3) is 0 Å². The van der Waals surface area contributed by atoms with Gasteiger partial charge in [0.2, 0.25) is 0 Å². The molecule has 0 saturated heterocycles. The van der Waals surface area contributed by atoms with Crippen molar-refractivity contribution in [1.82, 2.24) is 9.97 Å². The Hall–Kier alpha value is -1.61. The highest BCUT2D eigenvalue weighted by Crippen LogP contribution is 2.20. The maximum Gasteiger partial charge on any atom is 0.139 e. The second-order valence-corrected chi connectivity index (χ2v) is 4.72. The predicted molar refractivity (Wildman–Crippen MR) is 67.6 cm³/mol. The number of H-pyrrole nitrogens is 1. The number of aromatic nitrogens is 2. The largest absolute Gasteiger partial charge is 0.380 e. The lowest BCUT2D eigenvalue weighted by Crippen LogP contribution is -2.03. The van der Waals surface area contributed by atoms with Crippen LogP contribution in [-0.4, -0.2) is 15.1 Å². The number of nitrogens with zero attached hydrogens (tertiary/aromatic N) is 1. The summed E-state index contributed by atoms with van der Waals surface area (Å²) in [5.41, 5.74) is 2.14. The van der Waals surface area contributed by atoms with Crippen molar-refractivity contribution in [2.75, 3.05) is 0 Å². The molecule has 2 rings (SSSR count). The van der Waals surface area contributed by atoms with E-state index in [2.05, 4.69) is 29.9 Å². The molecule has 0 aliphatic carbocycles. The fourth-order valence-corrected chi connectivity index (χ4v) is 1.95. The number of imidazole rings is 1. The number of benzene rings is 1. The summed E-state index contributed by atoms with van der Waals surface area (Å²) in [5.74, 6) is 1.21. The summed E-state index contributed by atoms with van der Waals surface area (Å²) in [6.45, 7) is 4.38. The lowest BCUT2D eigenvalue weighted by Gasteiger charge is -2.11. The average molecular weight is 230 g/mol. The molecule has 1 heterocycles. The van der Waals surface area contributed by atoms with Crippen LogP contribution in [0.3, 0.4) is 0 Å². The van der Waals surface area contributed by atoms with Gasteiger partial charge in [0.1, 0.15) is 11.9 Å². The molecule has 17 heavy (non-hydrogen) atoms. The van der Waals surface area contributed by atoms with E-state index in [0.29, 0.717) is 11.7 Å². The van der Waals surface area contributed by atoms with Crippen LogP contribution in [0.15, 0.2) is 36.7 Å². The normalized spacial score (nSPS) is 12.9. The second kappa shape index (κ2) is 5.15. The van der Waals surface area contributed by atoms with Gasteiger partial charge in [-0.15, -0.1) is 0 Å². The first-order valence-corrected chi connectivity index (χ1v) is 5.93. The molecule has 1 aromatic heterocycles. The van der Waals surface area contributed by atoms with Crippen LogP contribution in [0.25, 0.3) is 0 Å². The molecule has 0 saturated carbocycles. The third-order valence-electron chi connectivity index (χ3n) is 2.69. The first-order chi connectivity index (χ1) is 8.16.